The summed E-state index contributed by atoms with van der Waals surface area (Å²) in [5, 5.41) is 7.86. The van der Waals surface area contributed by atoms with E-state index in [1.807, 2.05) is 66.7 Å². The molecule has 0 saturated heterocycles. The minimum absolute atomic E-state index is 0.102. The maximum absolute atomic E-state index is 13.3. The van der Waals surface area contributed by atoms with Crippen LogP contribution in [0.3, 0.4) is 0 Å². The van der Waals surface area contributed by atoms with Crippen LogP contribution in [0.1, 0.15) is 42.9 Å². The molecule has 3 atom stereocenters. The first-order valence-electron chi connectivity index (χ1n) is 13.3. The first-order chi connectivity index (χ1) is 19.3. The maximum Gasteiger partial charge on any atom is 0.407 e. The van der Waals surface area contributed by atoms with Crippen LogP contribution in [0.2, 0.25) is 0 Å². The monoisotopic (exact) mass is 542 g/mol. The lowest BCUT2D eigenvalue weighted by Crippen LogP contribution is -2.56. The van der Waals surface area contributed by atoms with Gasteiger partial charge in [-0.15, -0.1) is 0 Å². The third kappa shape index (κ3) is 6.66. The third-order valence-corrected chi connectivity index (χ3v) is 7.06. The summed E-state index contributed by atoms with van der Waals surface area (Å²) in [4.78, 5) is 50.3. The molecule has 1 aliphatic carbocycles. The van der Waals surface area contributed by atoms with Crippen LogP contribution in [0.5, 0.6) is 0 Å². The third-order valence-electron chi connectivity index (χ3n) is 7.06. The van der Waals surface area contributed by atoms with Crippen LogP contribution in [0.15, 0.2) is 78.9 Å². The number of amides is 4. The first kappa shape index (κ1) is 28.4. The van der Waals surface area contributed by atoms with Gasteiger partial charge in [-0.1, -0.05) is 85.8 Å². The highest BCUT2D eigenvalue weighted by atomic mass is 16.5. The van der Waals surface area contributed by atoms with Crippen LogP contribution >= 0.6 is 0 Å². The van der Waals surface area contributed by atoms with Gasteiger partial charge in [0.15, 0.2) is 0 Å². The average molecular weight is 543 g/mol. The molecule has 0 fully saturated rings. The van der Waals surface area contributed by atoms with Crippen molar-refractivity contribution in [3.8, 4) is 11.1 Å². The second-order valence-corrected chi connectivity index (χ2v) is 9.81. The molecular weight excluding hydrogens is 508 g/mol. The fourth-order valence-corrected chi connectivity index (χ4v) is 4.85. The van der Waals surface area contributed by atoms with Crippen molar-refractivity contribution in [2.24, 2.45) is 5.73 Å². The molecule has 9 heteroatoms. The summed E-state index contributed by atoms with van der Waals surface area (Å²) in [5.41, 5.74) is 10.4. The molecule has 0 aliphatic heterocycles. The Morgan fingerprint density at radius 1 is 0.775 bits per heavy atom. The quantitative estimate of drug-likeness (QED) is 0.295. The average Bonchev–Trinajstić information content (AvgIpc) is 3.28. The molecule has 3 aromatic rings. The first-order valence-corrected chi connectivity index (χ1v) is 13.3. The van der Waals surface area contributed by atoms with Gasteiger partial charge < -0.3 is 26.4 Å². The summed E-state index contributed by atoms with van der Waals surface area (Å²) in [7, 11) is 0. The van der Waals surface area contributed by atoms with Crippen LogP contribution in [-0.4, -0.2) is 48.5 Å². The normalized spacial score (nSPS) is 14.2. The van der Waals surface area contributed by atoms with Gasteiger partial charge in [-0.05, 0) is 41.2 Å². The van der Waals surface area contributed by atoms with E-state index in [1.54, 1.807) is 6.92 Å². The number of nitrogens with one attached hydrogen (secondary N) is 3. The minimum atomic E-state index is -1.01. The van der Waals surface area contributed by atoms with Crippen molar-refractivity contribution in [2.45, 2.75) is 50.7 Å². The van der Waals surface area contributed by atoms with Crippen LogP contribution in [-0.2, 0) is 25.5 Å². The second kappa shape index (κ2) is 12.9. The Morgan fingerprint density at radius 2 is 1.32 bits per heavy atom. The van der Waals surface area contributed by atoms with Crippen molar-refractivity contribution >= 4 is 23.8 Å². The molecule has 1 unspecified atom stereocenters. The molecule has 9 nitrogen and oxygen atoms in total. The standard InChI is InChI=1S/C31H34N4O5/c1-3-26(29(37)33-19(2)28(32)36)34-30(38)27(17-20-11-5-4-6-12-20)35-31(39)40-18-25-23-15-9-7-13-21(23)22-14-8-10-16-24(22)25/h4-16,19,25-27H,3,17-18H2,1-2H3,(H2,32,36)(H,33,37)(H,34,38)(H,35,39)/t19-,26?,27-/m0/s1. The molecular formula is C31H34N4O5. The lowest BCUT2D eigenvalue weighted by molar-refractivity contribution is -0.131. The number of hydrogen-bond acceptors (Lipinski definition) is 5. The summed E-state index contributed by atoms with van der Waals surface area (Å²) in [6, 6.07) is 22.5. The van der Waals surface area contributed by atoms with Gasteiger partial charge in [0.1, 0.15) is 24.7 Å². The highest BCUT2D eigenvalue weighted by molar-refractivity contribution is 5.93. The molecule has 0 saturated carbocycles. The van der Waals surface area contributed by atoms with E-state index >= 15 is 0 Å². The number of alkyl carbamates (subject to hydrolysis) is 1. The number of rotatable bonds is 11. The van der Waals surface area contributed by atoms with Crippen molar-refractivity contribution < 1.29 is 23.9 Å². The van der Waals surface area contributed by atoms with Gasteiger partial charge in [-0.3, -0.25) is 14.4 Å². The van der Waals surface area contributed by atoms with E-state index in [0.29, 0.717) is 0 Å². The Labute approximate surface area is 233 Å². The number of benzene rings is 3. The Hall–Kier alpha value is -4.66. The van der Waals surface area contributed by atoms with Crippen molar-refractivity contribution in [1.29, 1.82) is 0 Å². The molecule has 0 spiro atoms. The van der Waals surface area contributed by atoms with Crippen LogP contribution in [0, 0.1) is 0 Å². The van der Waals surface area contributed by atoms with Crippen molar-refractivity contribution in [2.75, 3.05) is 6.61 Å². The Balaban J connectivity index is 1.45. The van der Waals surface area contributed by atoms with Crippen molar-refractivity contribution in [1.82, 2.24) is 16.0 Å². The highest BCUT2D eigenvalue weighted by Gasteiger charge is 2.31. The van der Waals surface area contributed by atoms with Gasteiger partial charge in [0.2, 0.25) is 17.7 Å². The number of primary amides is 1. The molecule has 40 heavy (non-hydrogen) atoms. The lowest BCUT2D eigenvalue weighted by atomic mass is 9.98. The highest BCUT2D eigenvalue weighted by Crippen LogP contribution is 2.44. The lowest BCUT2D eigenvalue weighted by Gasteiger charge is -2.23. The summed E-state index contributed by atoms with van der Waals surface area (Å²) in [6.07, 6.45) is -0.281. The van der Waals surface area contributed by atoms with Gasteiger partial charge in [0.25, 0.3) is 0 Å². The van der Waals surface area contributed by atoms with E-state index in [1.165, 1.54) is 6.92 Å². The number of nitrogens with two attached hydrogens (primary N) is 1. The van der Waals surface area contributed by atoms with Gasteiger partial charge in [0, 0.05) is 12.3 Å². The van der Waals surface area contributed by atoms with E-state index < -0.39 is 41.9 Å². The SMILES string of the molecule is CCC(NC(=O)[C@H](Cc1ccccc1)NC(=O)OCC1c2ccccc2-c2ccccc21)C(=O)N[C@@H](C)C(N)=O. The predicted octanol–water partition coefficient (Wildman–Crippen LogP) is 3.02. The van der Waals surface area contributed by atoms with Gasteiger partial charge >= 0.3 is 6.09 Å². The number of carbonyl (C=O) groups excluding carboxylic acids is 4. The van der Waals surface area contributed by atoms with E-state index in [-0.39, 0.29) is 25.4 Å². The fourth-order valence-electron chi connectivity index (χ4n) is 4.85. The largest absolute Gasteiger partial charge is 0.449 e. The molecule has 0 aromatic heterocycles. The van der Waals surface area contributed by atoms with Gasteiger partial charge in [-0.2, -0.15) is 0 Å². The molecule has 0 radical (unpaired) electrons. The molecule has 4 rings (SSSR count). The molecule has 3 aromatic carbocycles. The zero-order valence-electron chi connectivity index (χ0n) is 22.6. The molecule has 208 valence electrons. The smallest absolute Gasteiger partial charge is 0.407 e. The van der Waals surface area contributed by atoms with Crippen LogP contribution < -0.4 is 21.7 Å². The van der Waals surface area contributed by atoms with Crippen molar-refractivity contribution in [3.05, 3.63) is 95.6 Å². The zero-order valence-corrected chi connectivity index (χ0v) is 22.6. The van der Waals surface area contributed by atoms with Gasteiger partial charge in [0.05, 0.1) is 0 Å². The summed E-state index contributed by atoms with van der Waals surface area (Å²) in [5.74, 6) is -1.90. The molecule has 1 aliphatic rings. The summed E-state index contributed by atoms with van der Waals surface area (Å²) >= 11 is 0. The summed E-state index contributed by atoms with van der Waals surface area (Å²) < 4.78 is 5.66. The topological polar surface area (TPSA) is 140 Å². The van der Waals surface area contributed by atoms with Gasteiger partial charge in [-0.25, -0.2) is 4.79 Å². The molecule has 0 heterocycles. The predicted molar refractivity (Wildman–Crippen MR) is 151 cm³/mol. The van der Waals surface area contributed by atoms with E-state index in [2.05, 4.69) is 28.1 Å². The molecule has 0 bridgehead atoms. The second-order valence-electron chi connectivity index (χ2n) is 9.81. The van der Waals surface area contributed by atoms with E-state index in [0.717, 1.165) is 27.8 Å². The Kier molecular flexibility index (Phi) is 9.16. The number of carbonyl (C=O) groups is 4. The molecule has 4 amide bonds. The number of hydrogen-bond donors (Lipinski definition) is 4. The van der Waals surface area contributed by atoms with Crippen molar-refractivity contribution in [3.63, 3.8) is 0 Å². The summed E-state index contributed by atoms with van der Waals surface area (Å²) in [6.45, 7) is 3.29. The van der Waals surface area contributed by atoms with Crippen LogP contribution in [0.4, 0.5) is 4.79 Å². The Bertz CT molecular complexity index is 1330. The van der Waals surface area contributed by atoms with E-state index in [4.69, 9.17) is 10.5 Å². The minimum Gasteiger partial charge on any atom is -0.449 e. The number of ether oxygens (including phenoxy) is 1. The van der Waals surface area contributed by atoms with E-state index in [9.17, 15) is 19.2 Å². The molecule has 5 N–H and O–H groups in total. The maximum atomic E-state index is 13.3. The number of fused-ring (bicyclic) bond motifs is 3. The fraction of sp³-hybridized carbons (Fsp3) is 0.290. The Morgan fingerprint density at radius 3 is 1.90 bits per heavy atom. The zero-order chi connectivity index (χ0) is 28.6. The van der Waals surface area contributed by atoms with Crippen LogP contribution in [0.25, 0.3) is 11.1 Å².